The number of hydrogen-bond donors (Lipinski definition) is 2. The molecule has 9 heteroatoms. The number of hydrogen-bond acceptors (Lipinski definition) is 7. The van der Waals surface area contributed by atoms with Gasteiger partial charge in [0, 0.05) is 12.1 Å². The molecule has 1 aliphatic rings. The Morgan fingerprint density at radius 1 is 1.07 bits per heavy atom. The molecular weight excluding hydrogens is 404 g/mol. The summed E-state index contributed by atoms with van der Waals surface area (Å²) >= 11 is 1.17. The van der Waals surface area contributed by atoms with Gasteiger partial charge in [-0.25, -0.2) is 0 Å². The lowest BCUT2D eigenvalue weighted by Crippen LogP contribution is -2.41. The highest BCUT2D eigenvalue weighted by atomic mass is 32.2. The Kier molecular flexibility index (Phi) is 7.08. The molecule has 0 aliphatic carbocycles. The Morgan fingerprint density at radius 3 is 2.27 bits per heavy atom. The minimum atomic E-state index is -0.601. The topological polar surface area (TPSA) is 101 Å². The second-order valence-electron chi connectivity index (χ2n) is 6.40. The highest BCUT2D eigenvalue weighted by Crippen LogP contribution is 2.23. The summed E-state index contributed by atoms with van der Waals surface area (Å²) < 4.78 is 10.2. The summed E-state index contributed by atoms with van der Waals surface area (Å²) in [7, 11) is 3.18. The smallest absolute Gasteiger partial charge is 0.238 e. The van der Waals surface area contributed by atoms with Crippen molar-refractivity contribution in [3.8, 4) is 11.5 Å². The number of nitrogens with zero attached hydrogens (tertiary/aromatic N) is 2. The molecule has 1 saturated heterocycles. The maximum Gasteiger partial charge on any atom is 0.238 e. The zero-order valence-electron chi connectivity index (χ0n) is 16.8. The highest BCUT2D eigenvalue weighted by Gasteiger charge is 2.30. The molecule has 1 fully saturated rings. The minimum Gasteiger partial charge on any atom is -0.497 e. The van der Waals surface area contributed by atoms with Crippen molar-refractivity contribution < 1.29 is 19.1 Å². The zero-order chi connectivity index (χ0) is 21.5. The van der Waals surface area contributed by atoms with Gasteiger partial charge < -0.3 is 20.1 Å². The predicted molar refractivity (Wildman–Crippen MR) is 118 cm³/mol. The van der Waals surface area contributed by atoms with Gasteiger partial charge in [-0.05, 0) is 61.0 Å². The molecule has 2 aromatic carbocycles. The molecule has 1 heterocycles. The van der Waals surface area contributed by atoms with E-state index in [1.54, 1.807) is 38.5 Å². The number of anilines is 1. The van der Waals surface area contributed by atoms with E-state index in [1.165, 1.54) is 11.8 Å². The van der Waals surface area contributed by atoms with Gasteiger partial charge in [0.05, 0.1) is 19.9 Å². The Labute approximate surface area is 178 Å². The average molecular weight is 426 g/mol. The molecular formula is C21H22N4O4S. The SMILES string of the molecule is COc1ccc(NC(=O)[C@H]2CC(=O)N/C(=N\N=C(\C)c3ccc(OC)cc3)S2)cc1. The summed E-state index contributed by atoms with van der Waals surface area (Å²) in [4.78, 5) is 24.6. The molecule has 0 bridgehead atoms. The summed E-state index contributed by atoms with van der Waals surface area (Å²) in [6.07, 6.45) is 0.0624. The van der Waals surface area contributed by atoms with E-state index in [9.17, 15) is 9.59 Å². The Morgan fingerprint density at radius 2 is 1.67 bits per heavy atom. The number of rotatable bonds is 6. The number of ether oxygens (including phenoxy) is 2. The van der Waals surface area contributed by atoms with Gasteiger partial charge in [0.25, 0.3) is 0 Å². The number of amides is 2. The summed E-state index contributed by atoms with van der Waals surface area (Å²) in [6.45, 7) is 1.81. The number of benzene rings is 2. The first kappa shape index (κ1) is 21.4. The van der Waals surface area contributed by atoms with Crippen LogP contribution < -0.4 is 20.1 Å². The van der Waals surface area contributed by atoms with Crippen molar-refractivity contribution in [3.05, 3.63) is 54.1 Å². The summed E-state index contributed by atoms with van der Waals surface area (Å²) in [6, 6.07) is 14.4. The lowest BCUT2D eigenvalue weighted by atomic mass is 10.1. The molecule has 0 saturated carbocycles. The van der Waals surface area contributed by atoms with E-state index >= 15 is 0 Å². The predicted octanol–water partition coefficient (Wildman–Crippen LogP) is 3.04. The van der Waals surface area contributed by atoms with Crippen LogP contribution in [0.15, 0.2) is 58.7 Å². The Hall–Kier alpha value is -3.33. The van der Waals surface area contributed by atoms with Crippen LogP contribution in [0.2, 0.25) is 0 Å². The van der Waals surface area contributed by atoms with Crippen LogP contribution in [0, 0.1) is 0 Å². The zero-order valence-corrected chi connectivity index (χ0v) is 17.7. The van der Waals surface area contributed by atoms with Gasteiger partial charge in [0.1, 0.15) is 16.7 Å². The van der Waals surface area contributed by atoms with Crippen LogP contribution in [0.25, 0.3) is 0 Å². The van der Waals surface area contributed by atoms with Gasteiger partial charge in [-0.15, -0.1) is 5.10 Å². The second kappa shape index (κ2) is 9.93. The van der Waals surface area contributed by atoms with Crippen LogP contribution in [0.3, 0.4) is 0 Å². The Balaban J connectivity index is 1.67. The largest absolute Gasteiger partial charge is 0.497 e. The fourth-order valence-corrected chi connectivity index (χ4v) is 3.58. The van der Waals surface area contributed by atoms with Crippen LogP contribution in [-0.4, -0.2) is 42.2 Å². The second-order valence-corrected chi connectivity index (χ2v) is 7.59. The van der Waals surface area contributed by atoms with Crippen LogP contribution in [-0.2, 0) is 9.59 Å². The van der Waals surface area contributed by atoms with Crippen molar-refractivity contribution in [3.63, 3.8) is 0 Å². The van der Waals surface area contributed by atoms with E-state index in [0.29, 0.717) is 17.1 Å². The third-order valence-corrected chi connectivity index (χ3v) is 5.39. The van der Waals surface area contributed by atoms with Gasteiger partial charge in [-0.2, -0.15) is 5.10 Å². The monoisotopic (exact) mass is 426 g/mol. The summed E-state index contributed by atoms with van der Waals surface area (Å²) in [5.41, 5.74) is 2.17. The number of thioether (sulfide) groups is 1. The third-order valence-electron chi connectivity index (χ3n) is 4.32. The van der Waals surface area contributed by atoms with Crippen LogP contribution >= 0.6 is 11.8 Å². The van der Waals surface area contributed by atoms with Crippen LogP contribution in [0.4, 0.5) is 5.69 Å². The summed E-state index contributed by atoms with van der Waals surface area (Å²) in [5, 5.41) is 13.5. The van der Waals surface area contributed by atoms with Crippen molar-refractivity contribution in [2.24, 2.45) is 10.2 Å². The molecule has 30 heavy (non-hydrogen) atoms. The molecule has 2 N–H and O–H groups in total. The lowest BCUT2D eigenvalue weighted by molar-refractivity contribution is -0.123. The number of nitrogens with one attached hydrogen (secondary N) is 2. The fraction of sp³-hybridized carbons (Fsp3) is 0.238. The molecule has 1 aliphatic heterocycles. The standard InChI is InChI=1S/C21H22N4O4S/c1-13(14-4-8-16(28-2)9-5-14)24-25-21-23-19(26)12-18(30-21)20(27)22-15-6-10-17(29-3)11-7-15/h4-11,18H,12H2,1-3H3,(H,22,27)(H,23,25,26)/b24-13-/t18-/m1/s1. The number of carbonyl (C=O) groups excluding carboxylic acids is 2. The molecule has 0 unspecified atom stereocenters. The van der Waals surface area contributed by atoms with E-state index in [-0.39, 0.29) is 23.4 Å². The highest BCUT2D eigenvalue weighted by molar-refractivity contribution is 8.15. The van der Waals surface area contributed by atoms with E-state index in [4.69, 9.17) is 9.47 Å². The van der Waals surface area contributed by atoms with Crippen LogP contribution in [0.1, 0.15) is 18.9 Å². The van der Waals surface area contributed by atoms with Crippen molar-refractivity contribution in [1.29, 1.82) is 0 Å². The van der Waals surface area contributed by atoms with Gasteiger partial charge in [0.15, 0.2) is 5.17 Å². The van der Waals surface area contributed by atoms with Gasteiger partial charge in [-0.3, -0.25) is 9.59 Å². The lowest BCUT2D eigenvalue weighted by Gasteiger charge is -2.21. The first-order valence-electron chi connectivity index (χ1n) is 9.16. The first-order chi connectivity index (χ1) is 14.5. The van der Waals surface area contributed by atoms with E-state index in [1.807, 2.05) is 31.2 Å². The van der Waals surface area contributed by atoms with E-state index in [2.05, 4.69) is 20.8 Å². The average Bonchev–Trinajstić information content (AvgIpc) is 2.77. The quantitative estimate of drug-likeness (QED) is 0.546. The molecule has 2 amide bonds. The summed E-state index contributed by atoms with van der Waals surface area (Å²) in [5.74, 6) is 0.890. The van der Waals surface area contributed by atoms with Crippen molar-refractivity contribution in [2.45, 2.75) is 18.6 Å². The van der Waals surface area contributed by atoms with E-state index < -0.39 is 5.25 Å². The van der Waals surface area contributed by atoms with Gasteiger partial charge >= 0.3 is 0 Å². The third kappa shape index (κ3) is 5.60. The van der Waals surface area contributed by atoms with Crippen molar-refractivity contribution >= 4 is 40.1 Å². The molecule has 1 atom stereocenters. The molecule has 0 radical (unpaired) electrons. The maximum atomic E-state index is 12.6. The molecule has 2 aromatic rings. The number of carbonyl (C=O) groups is 2. The van der Waals surface area contributed by atoms with Crippen LogP contribution in [0.5, 0.6) is 11.5 Å². The minimum absolute atomic E-state index is 0.0624. The van der Waals surface area contributed by atoms with Crippen molar-refractivity contribution in [2.75, 3.05) is 19.5 Å². The molecule has 0 aromatic heterocycles. The molecule has 0 spiro atoms. The normalized spacial score (nSPS) is 18.0. The van der Waals surface area contributed by atoms with E-state index in [0.717, 1.165) is 11.3 Å². The first-order valence-corrected chi connectivity index (χ1v) is 10.0. The number of amidine groups is 1. The molecule has 3 rings (SSSR count). The maximum absolute atomic E-state index is 12.6. The van der Waals surface area contributed by atoms with Crippen molar-refractivity contribution in [1.82, 2.24) is 5.32 Å². The van der Waals surface area contributed by atoms with Gasteiger partial charge in [-0.1, -0.05) is 11.8 Å². The Bertz CT molecular complexity index is 972. The molecule has 8 nitrogen and oxygen atoms in total. The fourth-order valence-electron chi connectivity index (χ4n) is 2.65. The number of methoxy groups -OCH3 is 2. The molecule has 156 valence electrons. The van der Waals surface area contributed by atoms with Gasteiger partial charge in [0.2, 0.25) is 11.8 Å².